The van der Waals surface area contributed by atoms with Gasteiger partial charge in [0.15, 0.2) is 0 Å². The Labute approximate surface area is 189 Å². The summed E-state index contributed by atoms with van der Waals surface area (Å²) in [7, 11) is 0. The molecule has 32 heavy (non-hydrogen) atoms. The number of carbonyl (C=O) groups excluding carboxylic acids is 2. The third-order valence-corrected chi connectivity index (χ3v) is 6.34. The van der Waals surface area contributed by atoms with Crippen LogP contribution in [0.15, 0.2) is 60.7 Å². The van der Waals surface area contributed by atoms with E-state index in [1.54, 1.807) is 0 Å². The van der Waals surface area contributed by atoms with Crippen LogP contribution in [0.2, 0.25) is 0 Å². The molecule has 4 N–H and O–H groups in total. The summed E-state index contributed by atoms with van der Waals surface area (Å²) in [6.45, 7) is 5.69. The number of piperidine rings is 1. The number of carbonyl (C=O) groups is 2. The molecule has 2 aliphatic rings. The molecule has 0 spiro atoms. The molecular formula is C26H32N4O2. The maximum Gasteiger partial charge on any atom is 0.252 e. The Morgan fingerprint density at radius 2 is 1.66 bits per heavy atom. The van der Waals surface area contributed by atoms with Crippen molar-refractivity contribution in [1.82, 2.24) is 16.0 Å². The van der Waals surface area contributed by atoms with Gasteiger partial charge in [-0.2, -0.15) is 0 Å². The van der Waals surface area contributed by atoms with E-state index in [9.17, 15) is 9.59 Å². The summed E-state index contributed by atoms with van der Waals surface area (Å²) in [5, 5.41) is 13.0. The molecule has 0 aliphatic carbocycles. The molecule has 2 aromatic carbocycles. The Morgan fingerprint density at radius 3 is 2.41 bits per heavy atom. The fourth-order valence-electron chi connectivity index (χ4n) is 4.59. The van der Waals surface area contributed by atoms with Crippen LogP contribution >= 0.6 is 0 Å². The first kappa shape index (κ1) is 22.1. The van der Waals surface area contributed by atoms with Gasteiger partial charge in [-0.3, -0.25) is 9.59 Å². The number of nitrogens with one attached hydrogen (secondary N) is 4. The van der Waals surface area contributed by atoms with Gasteiger partial charge in [0.05, 0.1) is 6.04 Å². The number of para-hydroxylation sites is 1. The van der Waals surface area contributed by atoms with E-state index in [1.165, 1.54) is 0 Å². The van der Waals surface area contributed by atoms with Crippen molar-refractivity contribution in [2.24, 2.45) is 5.92 Å². The molecule has 2 aromatic rings. The second-order valence-electron chi connectivity index (χ2n) is 8.74. The minimum Gasteiger partial charge on any atom is -0.379 e. The Morgan fingerprint density at radius 1 is 0.969 bits per heavy atom. The van der Waals surface area contributed by atoms with Crippen molar-refractivity contribution >= 4 is 23.1 Å². The number of amides is 2. The average Bonchev–Trinajstić information content (AvgIpc) is 2.82. The highest BCUT2D eigenvalue weighted by Crippen LogP contribution is 2.30. The third-order valence-electron chi connectivity index (χ3n) is 6.34. The van der Waals surface area contributed by atoms with Crippen LogP contribution < -0.4 is 21.3 Å². The van der Waals surface area contributed by atoms with E-state index in [4.69, 9.17) is 0 Å². The van der Waals surface area contributed by atoms with Crippen molar-refractivity contribution in [2.75, 3.05) is 18.4 Å². The first-order valence-corrected chi connectivity index (χ1v) is 11.5. The molecule has 0 radical (unpaired) electrons. The van der Waals surface area contributed by atoms with E-state index in [2.05, 4.69) is 21.3 Å². The Kier molecular flexibility index (Phi) is 6.90. The van der Waals surface area contributed by atoms with Crippen LogP contribution in [0, 0.1) is 5.92 Å². The van der Waals surface area contributed by atoms with Crippen LogP contribution in [0.4, 0.5) is 5.69 Å². The normalized spacial score (nSPS) is 20.2. The van der Waals surface area contributed by atoms with E-state index < -0.39 is 6.04 Å². The van der Waals surface area contributed by atoms with Crippen molar-refractivity contribution in [3.8, 4) is 0 Å². The van der Waals surface area contributed by atoms with Gasteiger partial charge in [-0.15, -0.1) is 0 Å². The van der Waals surface area contributed by atoms with Crippen LogP contribution in [0.5, 0.6) is 0 Å². The fraction of sp³-hybridized carbons (Fsp3) is 0.385. The largest absolute Gasteiger partial charge is 0.379 e. The number of anilines is 1. The molecule has 1 saturated heterocycles. The summed E-state index contributed by atoms with van der Waals surface area (Å²) >= 11 is 0. The minimum atomic E-state index is -0.575. The zero-order valence-electron chi connectivity index (χ0n) is 18.7. The smallest absolute Gasteiger partial charge is 0.252 e. The molecule has 6 nitrogen and oxygen atoms in total. The summed E-state index contributed by atoms with van der Waals surface area (Å²) in [5.74, 6) is -0.229. The Bertz CT molecular complexity index is 982. The molecule has 6 heteroatoms. The van der Waals surface area contributed by atoms with Crippen LogP contribution in [-0.4, -0.2) is 37.0 Å². The lowest BCUT2D eigenvalue weighted by Crippen LogP contribution is -2.53. The zero-order valence-corrected chi connectivity index (χ0v) is 18.7. The first-order chi connectivity index (χ1) is 15.5. The van der Waals surface area contributed by atoms with Gasteiger partial charge < -0.3 is 21.3 Å². The van der Waals surface area contributed by atoms with Crippen molar-refractivity contribution in [3.05, 3.63) is 71.8 Å². The number of fused-ring (bicyclic) bond motifs is 1. The second kappa shape index (κ2) is 10.0. The van der Waals surface area contributed by atoms with E-state index in [1.807, 2.05) is 74.5 Å². The summed E-state index contributed by atoms with van der Waals surface area (Å²) in [4.78, 5) is 26.8. The van der Waals surface area contributed by atoms with Crippen LogP contribution in [0.3, 0.4) is 0 Å². The van der Waals surface area contributed by atoms with Crippen LogP contribution in [0.25, 0.3) is 5.57 Å². The zero-order chi connectivity index (χ0) is 22.5. The number of rotatable bonds is 6. The van der Waals surface area contributed by atoms with E-state index in [0.29, 0.717) is 5.57 Å². The van der Waals surface area contributed by atoms with Gasteiger partial charge in [-0.1, -0.05) is 48.5 Å². The first-order valence-electron chi connectivity index (χ1n) is 11.5. The number of hydrogen-bond acceptors (Lipinski definition) is 4. The minimum absolute atomic E-state index is 0.0370. The molecule has 4 rings (SSSR count). The van der Waals surface area contributed by atoms with Gasteiger partial charge in [0.2, 0.25) is 5.91 Å². The lowest BCUT2D eigenvalue weighted by molar-refractivity contribution is -0.129. The summed E-state index contributed by atoms with van der Waals surface area (Å²) < 4.78 is 0. The number of benzene rings is 2. The molecule has 2 amide bonds. The molecule has 1 fully saturated rings. The van der Waals surface area contributed by atoms with Crippen LogP contribution in [0.1, 0.15) is 43.9 Å². The molecule has 2 heterocycles. The van der Waals surface area contributed by atoms with Gasteiger partial charge in [0.1, 0.15) is 6.04 Å². The molecule has 2 unspecified atom stereocenters. The lowest BCUT2D eigenvalue weighted by Gasteiger charge is -2.32. The number of hydrogen-bond donors (Lipinski definition) is 4. The fourth-order valence-corrected chi connectivity index (χ4v) is 4.59. The van der Waals surface area contributed by atoms with E-state index >= 15 is 0 Å². The van der Waals surface area contributed by atoms with Gasteiger partial charge in [0, 0.05) is 22.9 Å². The van der Waals surface area contributed by atoms with Crippen molar-refractivity contribution in [1.29, 1.82) is 0 Å². The summed E-state index contributed by atoms with van der Waals surface area (Å²) in [6.07, 6.45) is 3.64. The Hall–Kier alpha value is -3.12. The quantitative estimate of drug-likeness (QED) is 0.565. The maximum absolute atomic E-state index is 13.4. The van der Waals surface area contributed by atoms with Crippen molar-refractivity contribution in [2.45, 2.75) is 44.8 Å². The summed E-state index contributed by atoms with van der Waals surface area (Å²) in [5.41, 5.74) is 3.47. The molecule has 3 atom stereocenters. The van der Waals surface area contributed by atoms with Crippen molar-refractivity contribution < 1.29 is 9.59 Å². The highest BCUT2D eigenvalue weighted by atomic mass is 16.2. The highest BCUT2D eigenvalue weighted by molar-refractivity contribution is 6.22. The lowest BCUT2D eigenvalue weighted by atomic mass is 9.88. The third kappa shape index (κ3) is 5.02. The molecule has 168 valence electrons. The SMILES string of the molecule is CC1C=C(C(=O)NC(C(=O)N[C@H](C)c2ccccc2)C2CCNCC2)c2ccccc2N1. The Balaban J connectivity index is 1.54. The van der Waals surface area contributed by atoms with Gasteiger partial charge in [0.25, 0.3) is 5.91 Å². The molecule has 0 saturated carbocycles. The van der Waals surface area contributed by atoms with Crippen LogP contribution in [-0.2, 0) is 9.59 Å². The predicted octanol–water partition coefficient (Wildman–Crippen LogP) is 3.25. The monoisotopic (exact) mass is 432 g/mol. The standard InChI is InChI=1S/C26H32N4O2/c1-17-16-22(21-10-6-7-11-23(21)28-17)25(31)30-24(20-12-14-27-15-13-20)26(32)29-18(2)19-8-4-3-5-9-19/h3-11,16-18,20,24,27-28H,12-15H2,1-2H3,(H,29,32)(H,30,31)/t17?,18-,24?/m1/s1. The average molecular weight is 433 g/mol. The van der Waals surface area contributed by atoms with Gasteiger partial charge in [-0.05, 0) is 63.4 Å². The van der Waals surface area contributed by atoms with E-state index in [0.717, 1.165) is 42.7 Å². The van der Waals surface area contributed by atoms with Crippen molar-refractivity contribution in [3.63, 3.8) is 0 Å². The van der Waals surface area contributed by atoms with E-state index in [-0.39, 0.29) is 29.8 Å². The molecule has 0 bridgehead atoms. The van der Waals surface area contributed by atoms with Gasteiger partial charge in [-0.25, -0.2) is 0 Å². The summed E-state index contributed by atoms with van der Waals surface area (Å²) in [6, 6.07) is 17.0. The molecular weight excluding hydrogens is 400 g/mol. The maximum atomic E-state index is 13.4. The molecule has 2 aliphatic heterocycles. The second-order valence-corrected chi connectivity index (χ2v) is 8.74. The van der Waals surface area contributed by atoms with Gasteiger partial charge >= 0.3 is 0 Å². The highest BCUT2D eigenvalue weighted by Gasteiger charge is 2.33. The topological polar surface area (TPSA) is 82.3 Å². The molecule has 0 aromatic heterocycles. The predicted molar refractivity (Wildman–Crippen MR) is 128 cm³/mol.